The van der Waals surface area contributed by atoms with Crippen molar-refractivity contribution in [2.24, 2.45) is 0 Å². The summed E-state index contributed by atoms with van der Waals surface area (Å²) in [6.45, 7) is 1.72. The van der Waals surface area contributed by atoms with Crippen LogP contribution in [-0.2, 0) is 6.61 Å². The molecule has 3 aromatic carbocycles. The van der Waals surface area contributed by atoms with Gasteiger partial charge in [-0.1, -0.05) is 36.4 Å². The summed E-state index contributed by atoms with van der Waals surface area (Å²) in [6.07, 6.45) is 0. The van der Waals surface area contributed by atoms with Gasteiger partial charge in [-0.05, 0) is 54.8 Å². The van der Waals surface area contributed by atoms with Crippen LogP contribution in [0.2, 0.25) is 0 Å². The van der Waals surface area contributed by atoms with E-state index in [1.54, 1.807) is 36.4 Å². The zero-order valence-electron chi connectivity index (χ0n) is 15.8. The van der Waals surface area contributed by atoms with Crippen LogP contribution in [0.15, 0.2) is 83.3 Å². The van der Waals surface area contributed by atoms with Crippen LogP contribution in [0.5, 0.6) is 5.75 Å². The number of ketones is 1. The van der Waals surface area contributed by atoms with Crippen molar-refractivity contribution >= 4 is 28.2 Å². The molecule has 1 N–H and O–H groups in total. The van der Waals surface area contributed by atoms with E-state index in [2.05, 4.69) is 5.32 Å². The third-order valence-corrected chi connectivity index (χ3v) is 4.55. The highest BCUT2D eigenvalue weighted by Crippen LogP contribution is 2.26. The number of furan rings is 1. The molecular weight excluding hydrogens is 366 g/mol. The summed E-state index contributed by atoms with van der Waals surface area (Å²) in [5, 5.41) is 4.87. The van der Waals surface area contributed by atoms with E-state index in [1.807, 2.05) is 42.5 Å². The second kappa shape index (κ2) is 8.02. The number of nitrogens with one attached hydrogen (secondary N) is 1. The Hall–Kier alpha value is -3.86. The number of ether oxygens (including phenoxy) is 1. The molecule has 29 heavy (non-hydrogen) atoms. The molecule has 5 heteroatoms. The Bertz CT molecular complexity index is 1170. The second-order valence-corrected chi connectivity index (χ2v) is 6.62. The molecule has 0 aliphatic carbocycles. The predicted octanol–water partition coefficient (Wildman–Crippen LogP) is 5.47. The Balaban J connectivity index is 1.41. The molecule has 4 rings (SSSR count). The minimum absolute atomic E-state index is 0.0234. The summed E-state index contributed by atoms with van der Waals surface area (Å²) in [6, 6.07) is 23.9. The zero-order valence-corrected chi connectivity index (χ0v) is 15.8. The molecule has 0 spiro atoms. The topological polar surface area (TPSA) is 68.5 Å². The van der Waals surface area contributed by atoms with E-state index in [1.165, 1.54) is 6.92 Å². The van der Waals surface area contributed by atoms with E-state index in [4.69, 9.17) is 9.15 Å². The van der Waals surface area contributed by atoms with Crippen LogP contribution in [0.3, 0.4) is 0 Å². The number of carbonyl (C=O) groups excluding carboxylic acids is 2. The van der Waals surface area contributed by atoms with Gasteiger partial charge in [-0.2, -0.15) is 0 Å². The zero-order chi connectivity index (χ0) is 20.2. The number of rotatable bonds is 6. The summed E-state index contributed by atoms with van der Waals surface area (Å²) >= 11 is 0. The van der Waals surface area contributed by atoms with E-state index in [9.17, 15) is 9.59 Å². The quantitative estimate of drug-likeness (QED) is 0.447. The summed E-state index contributed by atoms with van der Waals surface area (Å²) in [5.41, 5.74) is 1.18. The molecule has 1 amide bonds. The van der Waals surface area contributed by atoms with Gasteiger partial charge in [0.1, 0.15) is 18.1 Å². The Morgan fingerprint density at radius 1 is 0.897 bits per heavy atom. The van der Waals surface area contributed by atoms with Crippen LogP contribution in [0.4, 0.5) is 5.69 Å². The molecule has 0 aliphatic rings. The minimum atomic E-state index is -0.364. The number of benzene rings is 3. The van der Waals surface area contributed by atoms with Gasteiger partial charge in [-0.3, -0.25) is 9.59 Å². The molecule has 144 valence electrons. The number of anilines is 1. The summed E-state index contributed by atoms with van der Waals surface area (Å²) in [4.78, 5) is 23.7. The first-order valence-corrected chi connectivity index (χ1v) is 9.22. The summed E-state index contributed by atoms with van der Waals surface area (Å²) in [7, 11) is 0. The smallest absolute Gasteiger partial charge is 0.291 e. The van der Waals surface area contributed by atoms with Gasteiger partial charge in [-0.15, -0.1) is 0 Å². The second-order valence-electron chi connectivity index (χ2n) is 6.62. The van der Waals surface area contributed by atoms with E-state index in [0.29, 0.717) is 17.0 Å². The van der Waals surface area contributed by atoms with Gasteiger partial charge in [0.15, 0.2) is 11.5 Å². The molecule has 0 aliphatic heterocycles. The molecule has 0 bridgehead atoms. The van der Waals surface area contributed by atoms with Crippen molar-refractivity contribution in [2.75, 3.05) is 5.32 Å². The van der Waals surface area contributed by atoms with Crippen molar-refractivity contribution in [1.29, 1.82) is 0 Å². The number of hydrogen-bond donors (Lipinski definition) is 1. The van der Waals surface area contributed by atoms with Crippen LogP contribution >= 0.6 is 0 Å². The van der Waals surface area contributed by atoms with E-state index in [0.717, 1.165) is 16.5 Å². The molecule has 1 aromatic heterocycles. The third-order valence-electron chi connectivity index (χ3n) is 4.55. The first-order chi connectivity index (χ1) is 14.1. The fraction of sp³-hybridized carbons (Fsp3) is 0.0833. The van der Waals surface area contributed by atoms with Gasteiger partial charge in [-0.25, -0.2) is 0 Å². The fourth-order valence-corrected chi connectivity index (χ4v) is 3.03. The van der Waals surface area contributed by atoms with Crippen molar-refractivity contribution in [2.45, 2.75) is 13.5 Å². The molecule has 1 heterocycles. The maximum absolute atomic E-state index is 12.4. The Morgan fingerprint density at radius 3 is 2.45 bits per heavy atom. The lowest BCUT2D eigenvalue weighted by Crippen LogP contribution is -2.11. The van der Waals surface area contributed by atoms with E-state index < -0.39 is 0 Å². The Kier molecular flexibility index (Phi) is 5.12. The average Bonchev–Trinajstić information content (AvgIpc) is 3.22. The van der Waals surface area contributed by atoms with Gasteiger partial charge in [0.2, 0.25) is 0 Å². The molecule has 0 unspecified atom stereocenters. The first kappa shape index (κ1) is 18.5. The maximum atomic E-state index is 12.4. The standard InChI is InChI=1S/C24H19NO4/c1-16(26)17-9-11-19(12-10-17)25-24(27)23-14-13-20(29-23)15-28-22-8-4-6-18-5-2-3-7-21(18)22/h2-14H,15H2,1H3,(H,25,27). The Morgan fingerprint density at radius 2 is 1.66 bits per heavy atom. The van der Waals surface area contributed by atoms with Crippen LogP contribution in [0.1, 0.15) is 33.6 Å². The van der Waals surface area contributed by atoms with Crippen molar-refractivity contribution in [1.82, 2.24) is 0 Å². The maximum Gasteiger partial charge on any atom is 0.291 e. The summed E-state index contributed by atoms with van der Waals surface area (Å²) in [5.74, 6) is 1.12. The highest BCUT2D eigenvalue weighted by molar-refractivity contribution is 6.02. The molecular formula is C24H19NO4. The highest BCUT2D eigenvalue weighted by Gasteiger charge is 2.12. The number of amides is 1. The third kappa shape index (κ3) is 4.19. The van der Waals surface area contributed by atoms with E-state index >= 15 is 0 Å². The molecule has 0 saturated heterocycles. The number of fused-ring (bicyclic) bond motifs is 1. The predicted molar refractivity (Wildman–Crippen MR) is 111 cm³/mol. The average molecular weight is 385 g/mol. The number of hydrogen-bond acceptors (Lipinski definition) is 4. The minimum Gasteiger partial charge on any atom is -0.485 e. The van der Waals surface area contributed by atoms with Crippen molar-refractivity contribution in [3.63, 3.8) is 0 Å². The molecule has 0 saturated carbocycles. The first-order valence-electron chi connectivity index (χ1n) is 9.22. The lowest BCUT2D eigenvalue weighted by Gasteiger charge is -2.08. The normalized spacial score (nSPS) is 10.7. The lowest BCUT2D eigenvalue weighted by atomic mass is 10.1. The SMILES string of the molecule is CC(=O)c1ccc(NC(=O)c2ccc(COc3cccc4ccccc34)o2)cc1. The Labute approximate surface area is 167 Å². The van der Waals surface area contributed by atoms with Gasteiger partial charge in [0.05, 0.1) is 0 Å². The van der Waals surface area contributed by atoms with Gasteiger partial charge < -0.3 is 14.5 Å². The van der Waals surface area contributed by atoms with Crippen molar-refractivity contribution in [3.05, 3.63) is 95.9 Å². The highest BCUT2D eigenvalue weighted by atomic mass is 16.5. The van der Waals surface area contributed by atoms with Gasteiger partial charge >= 0.3 is 0 Å². The number of carbonyl (C=O) groups is 2. The molecule has 4 aromatic rings. The van der Waals surface area contributed by atoms with Crippen LogP contribution < -0.4 is 10.1 Å². The van der Waals surface area contributed by atoms with Crippen LogP contribution in [0.25, 0.3) is 10.8 Å². The molecule has 5 nitrogen and oxygen atoms in total. The van der Waals surface area contributed by atoms with Gasteiger partial charge in [0, 0.05) is 16.6 Å². The largest absolute Gasteiger partial charge is 0.485 e. The monoisotopic (exact) mass is 385 g/mol. The summed E-state index contributed by atoms with van der Waals surface area (Å²) < 4.78 is 11.5. The van der Waals surface area contributed by atoms with Crippen molar-refractivity contribution in [3.8, 4) is 5.75 Å². The van der Waals surface area contributed by atoms with E-state index in [-0.39, 0.29) is 24.1 Å². The van der Waals surface area contributed by atoms with Crippen LogP contribution in [0, 0.1) is 0 Å². The fourth-order valence-electron chi connectivity index (χ4n) is 3.03. The van der Waals surface area contributed by atoms with Crippen molar-refractivity contribution < 1.29 is 18.7 Å². The van der Waals surface area contributed by atoms with Crippen LogP contribution in [-0.4, -0.2) is 11.7 Å². The molecule has 0 atom stereocenters. The lowest BCUT2D eigenvalue weighted by molar-refractivity contribution is 0.0990. The van der Waals surface area contributed by atoms with Gasteiger partial charge in [0.25, 0.3) is 5.91 Å². The molecule has 0 radical (unpaired) electrons. The number of Topliss-reactive ketones (excluding diaryl/α,β-unsaturated/α-hetero) is 1. The molecule has 0 fully saturated rings.